The number of methoxy groups -OCH3 is 1. The topological polar surface area (TPSA) is 9.23 Å². The number of hydrogen-bond donors (Lipinski definition) is 0. The van der Waals surface area contributed by atoms with Crippen LogP contribution in [-0.4, -0.2) is 7.11 Å². The summed E-state index contributed by atoms with van der Waals surface area (Å²) in [6, 6.07) is 18.4. The van der Waals surface area contributed by atoms with Crippen LogP contribution in [-0.2, 0) is 4.74 Å². The molecule has 17 heavy (non-hydrogen) atoms. The summed E-state index contributed by atoms with van der Waals surface area (Å²) >= 11 is 0. The monoisotopic (exact) mass is 224 g/mol. The SMILES string of the molecule is CO/C(=C/c1ccccc1)c1ccccc1C. The highest BCUT2D eigenvalue weighted by Crippen LogP contribution is 2.21. The minimum Gasteiger partial charge on any atom is -0.496 e. The van der Waals surface area contributed by atoms with Crippen LogP contribution >= 0.6 is 0 Å². The molecule has 0 fully saturated rings. The van der Waals surface area contributed by atoms with Gasteiger partial charge in [-0.2, -0.15) is 0 Å². The average Bonchev–Trinajstić information content (AvgIpc) is 2.38. The Kier molecular flexibility index (Phi) is 3.61. The van der Waals surface area contributed by atoms with E-state index in [4.69, 9.17) is 4.74 Å². The normalized spacial score (nSPS) is 11.3. The summed E-state index contributed by atoms with van der Waals surface area (Å²) in [4.78, 5) is 0. The van der Waals surface area contributed by atoms with Crippen molar-refractivity contribution in [3.05, 3.63) is 71.3 Å². The van der Waals surface area contributed by atoms with E-state index in [1.807, 2.05) is 30.3 Å². The van der Waals surface area contributed by atoms with Gasteiger partial charge in [0.1, 0.15) is 5.76 Å². The quantitative estimate of drug-likeness (QED) is 0.562. The molecular formula is C16H16O. The first-order valence-electron chi connectivity index (χ1n) is 5.68. The predicted molar refractivity (Wildman–Crippen MR) is 72.5 cm³/mol. The molecule has 1 heteroatoms. The van der Waals surface area contributed by atoms with Crippen molar-refractivity contribution in [3.8, 4) is 0 Å². The van der Waals surface area contributed by atoms with Crippen LogP contribution in [0.25, 0.3) is 11.8 Å². The molecule has 0 radical (unpaired) electrons. The van der Waals surface area contributed by atoms with Crippen LogP contribution in [0, 0.1) is 6.92 Å². The summed E-state index contributed by atoms with van der Waals surface area (Å²) < 4.78 is 5.48. The molecule has 1 nitrogen and oxygen atoms in total. The second kappa shape index (κ2) is 5.35. The zero-order valence-corrected chi connectivity index (χ0v) is 10.2. The van der Waals surface area contributed by atoms with E-state index in [0.717, 1.165) is 16.9 Å². The third-order valence-electron chi connectivity index (χ3n) is 2.73. The van der Waals surface area contributed by atoms with Crippen LogP contribution in [0.2, 0.25) is 0 Å². The van der Waals surface area contributed by atoms with Crippen molar-refractivity contribution >= 4 is 11.8 Å². The second-order valence-electron chi connectivity index (χ2n) is 3.94. The van der Waals surface area contributed by atoms with E-state index in [2.05, 4.69) is 37.3 Å². The highest BCUT2D eigenvalue weighted by molar-refractivity contribution is 5.78. The van der Waals surface area contributed by atoms with Crippen molar-refractivity contribution in [1.82, 2.24) is 0 Å². The van der Waals surface area contributed by atoms with Gasteiger partial charge in [-0.3, -0.25) is 0 Å². The van der Waals surface area contributed by atoms with Gasteiger partial charge in [-0.25, -0.2) is 0 Å². The van der Waals surface area contributed by atoms with E-state index >= 15 is 0 Å². The molecule has 2 aromatic rings. The molecule has 0 aliphatic rings. The van der Waals surface area contributed by atoms with Gasteiger partial charge in [-0.1, -0.05) is 54.6 Å². The van der Waals surface area contributed by atoms with Crippen molar-refractivity contribution in [2.24, 2.45) is 0 Å². The third-order valence-corrected chi connectivity index (χ3v) is 2.73. The van der Waals surface area contributed by atoms with Gasteiger partial charge in [-0.05, 0) is 24.1 Å². The van der Waals surface area contributed by atoms with E-state index in [0.29, 0.717) is 0 Å². The van der Waals surface area contributed by atoms with Gasteiger partial charge in [0.25, 0.3) is 0 Å². The number of ether oxygens (including phenoxy) is 1. The molecule has 0 aromatic heterocycles. The van der Waals surface area contributed by atoms with Gasteiger partial charge < -0.3 is 4.74 Å². The van der Waals surface area contributed by atoms with Crippen LogP contribution in [0.3, 0.4) is 0 Å². The van der Waals surface area contributed by atoms with Crippen molar-refractivity contribution in [2.45, 2.75) is 6.92 Å². The van der Waals surface area contributed by atoms with Crippen LogP contribution in [0.15, 0.2) is 54.6 Å². The van der Waals surface area contributed by atoms with Crippen molar-refractivity contribution < 1.29 is 4.74 Å². The van der Waals surface area contributed by atoms with Gasteiger partial charge in [0.2, 0.25) is 0 Å². The summed E-state index contributed by atoms with van der Waals surface area (Å²) in [6.45, 7) is 2.09. The summed E-state index contributed by atoms with van der Waals surface area (Å²) in [5.74, 6) is 0.898. The van der Waals surface area contributed by atoms with E-state index in [1.54, 1.807) is 7.11 Å². The van der Waals surface area contributed by atoms with Crippen molar-refractivity contribution in [1.29, 1.82) is 0 Å². The molecule has 0 amide bonds. The van der Waals surface area contributed by atoms with Gasteiger partial charge in [0.05, 0.1) is 7.11 Å². The first-order chi connectivity index (χ1) is 8.31. The van der Waals surface area contributed by atoms with Crippen LogP contribution in [0.1, 0.15) is 16.7 Å². The molecule has 0 atom stereocenters. The molecule has 2 aromatic carbocycles. The Morgan fingerprint density at radius 2 is 1.59 bits per heavy atom. The van der Waals surface area contributed by atoms with E-state index < -0.39 is 0 Å². The summed E-state index contributed by atoms with van der Waals surface area (Å²) in [7, 11) is 1.71. The maximum Gasteiger partial charge on any atom is 0.126 e. The van der Waals surface area contributed by atoms with Gasteiger partial charge >= 0.3 is 0 Å². The molecular weight excluding hydrogens is 208 g/mol. The van der Waals surface area contributed by atoms with Gasteiger partial charge in [-0.15, -0.1) is 0 Å². The lowest BCUT2D eigenvalue weighted by atomic mass is 10.1. The number of hydrogen-bond acceptors (Lipinski definition) is 1. The summed E-state index contributed by atoms with van der Waals surface area (Å²) in [6.07, 6.45) is 2.06. The van der Waals surface area contributed by atoms with Crippen LogP contribution in [0.4, 0.5) is 0 Å². The second-order valence-corrected chi connectivity index (χ2v) is 3.94. The van der Waals surface area contributed by atoms with E-state index in [9.17, 15) is 0 Å². The fraction of sp³-hybridized carbons (Fsp3) is 0.125. The fourth-order valence-electron chi connectivity index (χ4n) is 1.80. The molecule has 0 bridgehead atoms. The van der Waals surface area contributed by atoms with Crippen molar-refractivity contribution in [3.63, 3.8) is 0 Å². The van der Waals surface area contributed by atoms with Crippen LogP contribution < -0.4 is 0 Å². The zero-order chi connectivity index (χ0) is 12.1. The third kappa shape index (κ3) is 2.76. The Bertz CT molecular complexity index is 512. The average molecular weight is 224 g/mol. The maximum absolute atomic E-state index is 5.48. The standard InChI is InChI=1S/C16H16O/c1-13-8-6-7-11-15(13)16(17-2)12-14-9-4-3-5-10-14/h3-12H,1-2H3/b16-12+. The van der Waals surface area contributed by atoms with E-state index in [-0.39, 0.29) is 0 Å². The lowest BCUT2D eigenvalue weighted by Crippen LogP contribution is -1.90. The molecule has 86 valence electrons. The molecule has 0 spiro atoms. The molecule has 0 N–H and O–H groups in total. The van der Waals surface area contributed by atoms with Crippen molar-refractivity contribution in [2.75, 3.05) is 7.11 Å². The minimum absolute atomic E-state index is 0.898. The molecule has 0 saturated carbocycles. The molecule has 0 aliphatic heterocycles. The number of benzene rings is 2. The molecule has 0 heterocycles. The Hall–Kier alpha value is -2.02. The number of rotatable bonds is 3. The maximum atomic E-state index is 5.48. The van der Waals surface area contributed by atoms with Crippen LogP contribution in [0.5, 0.6) is 0 Å². The molecule has 0 aliphatic carbocycles. The molecule has 2 rings (SSSR count). The first kappa shape index (κ1) is 11.5. The smallest absolute Gasteiger partial charge is 0.126 e. The number of aryl methyl sites for hydroxylation is 1. The lowest BCUT2D eigenvalue weighted by Gasteiger charge is -2.09. The highest BCUT2D eigenvalue weighted by atomic mass is 16.5. The lowest BCUT2D eigenvalue weighted by molar-refractivity contribution is 0.372. The molecule has 0 unspecified atom stereocenters. The van der Waals surface area contributed by atoms with Gasteiger partial charge in [0.15, 0.2) is 0 Å². The fourth-order valence-corrected chi connectivity index (χ4v) is 1.80. The Morgan fingerprint density at radius 3 is 2.24 bits per heavy atom. The summed E-state index contributed by atoms with van der Waals surface area (Å²) in [5, 5.41) is 0. The Balaban J connectivity index is 2.41. The van der Waals surface area contributed by atoms with Gasteiger partial charge in [0, 0.05) is 5.56 Å². The Morgan fingerprint density at radius 1 is 0.941 bits per heavy atom. The van der Waals surface area contributed by atoms with E-state index in [1.165, 1.54) is 5.56 Å². The predicted octanol–water partition coefficient (Wildman–Crippen LogP) is 4.14. The highest BCUT2D eigenvalue weighted by Gasteiger charge is 2.04. The Labute approximate surface area is 102 Å². The minimum atomic E-state index is 0.898. The summed E-state index contributed by atoms with van der Waals surface area (Å²) in [5.41, 5.74) is 3.50. The first-order valence-corrected chi connectivity index (χ1v) is 5.68. The largest absolute Gasteiger partial charge is 0.496 e. The molecule has 0 saturated heterocycles. The zero-order valence-electron chi connectivity index (χ0n) is 10.2.